The van der Waals surface area contributed by atoms with Crippen molar-refractivity contribution < 1.29 is 9.53 Å². The molecule has 1 unspecified atom stereocenters. The minimum Gasteiger partial charge on any atom is -0.375 e. The first kappa shape index (κ1) is 16.6. The summed E-state index contributed by atoms with van der Waals surface area (Å²) in [5.74, 6) is 0.418. The molecule has 1 amide bonds. The van der Waals surface area contributed by atoms with Gasteiger partial charge >= 0.3 is 0 Å². The second kappa shape index (κ2) is 7.19. The topological polar surface area (TPSA) is 94.0 Å². The van der Waals surface area contributed by atoms with Crippen molar-refractivity contribution in [2.24, 2.45) is 7.05 Å². The molecule has 26 heavy (non-hydrogen) atoms. The first-order valence-electron chi connectivity index (χ1n) is 8.54. The van der Waals surface area contributed by atoms with E-state index in [0.717, 1.165) is 28.6 Å². The SMILES string of the molecule is Cn1cc(-c2cc3cc(NC(=O)CC4CNCCO4)ncc3cn2)cn1. The van der Waals surface area contributed by atoms with Gasteiger partial charge in [-0.05, 0) is 17.5 Å². The summed E-state index contributed by atoms with van der Waals surface area (Å²) in [7, 11) is 1.87. The summed E-state index contributed by atoms with van der Waals surface area (Å²) in [4.78, 5) is 21.0. The Bertz CT molecular complexity index is 932. The molecule has 0 spiro atoms. The van der Waals surface area contributed by atoms with Gasteiger partial charge in [0, 0.05) is 49.7 Å². The van der Waals surface area contributed by atoms with Gasteiger partial charge in [0.05, 0.1) is 31.0 Å². The summed E-state index contributed by atoms with van der Waals surface area (Å²) < 4.78 is 7.30. The van der Waals surface area contributed by atoms with E-state index in [9.17, 15) is 4.79 Å². The Balaban J connectivity index is 1.51. The average Bonchev–Trinajstić information content (AvgIpc) is 3.08. The van der Waals surface area contributed by atoms with Crippen LogP contribution in [-0.4, -0.2) is 51.5 Å². The quantitative estimate of drug-likeness (QED) is 0.736. The van der Waals surface area contributed by atoms with Crippen LogP contribution in [0.3, 0.4) is 0 Å². The smallest absolute Gasteiger partial charge is 0.228 e. The number of carbonyl (C=O) groups excluding carboxylic acids is 1. The van der Waals surface area contributed by atoms with Crippen LogP contribution >= 0.6 is 0 Å². The number of aromatic nitrogens is 4. The minimum absolute atomic E-state index is 0.0920. The van der Waals surface area contributed by atoms with E-state index >= 15 is 0 Å². The Kier molecular flexibility index (Phi) is 4.59. The monoisotopic (exact) mass is 352 g/mol. The van der Waals surface area contributed by atoms with Crippen LogP contribution in [0.15, 0.2) is 36.9 Å². The van der Waals surface area contributed by atoms with Crippen molar-refractivity contribution in [2.45, 2.75) is 12.5 Å². The molecule has 1 saturated heterocycles. The lowest BCUT2D eigenvalue weighted by atomic mass is 10.1. The Morgan fingerprint density at radius 2 is 2.19 bits per heavy atom. The summed E-state index contributed by atoms with van der Waals surface area (Å²) in [6, 6.07) is 3.83. The number of fused-ring (bicyclic) bond motifs is 1. The molecule has 8 heteroatoms. The molecule has 4 heterocycles. The van der Waals surface area contributed by atoms with Gasteiger partial charge in [0.15, 0.2) is 0 Å². The molecule has 3 aromatic heterocycles. The van der Waals surface area contributed by atoms with Crippen molar-refractivity contribution in [2.75, 3.05) is 25.0 Å². The van der Waals surface area contributed by atoms with Crippen molar-refractivity contribution >= 4 is 22.5 Å². The number of hydrogen-bond acceptors (Lipinski definition) is 6. The molecule has 0 aliphatic carbocycles. The fourth-order valence-electron chi connectivity index (χ4n) is 2.97. The zero-order chi connectivity index (χ0) is 17.9. The molecule has 0 radical (unpaired) electrons. The lowest BCUT2D eigenvalue weighted by Gasteiger charge is -2.22. The van der Waals surface area contributed by atoms with Crippen molar-refractivity contribution in [3.63, 3.8) is 0 Å². The standard InChI is InChI=1S/C18H20N6O2/c1-24-11-14(9-22-24)16-4-12-5-17(21-8-13(12)7-20-16)23-18(25)6-15-10-19-2-3-26-15/h4-5,7-9,11,15,19H,2-3,6,10H2,1H3,(H,21,23,25). The first-order chi connectivity index (χ1) is 12.7. The van der Waals surface area contributed by atoms with Gasteiger partial charge in [-0.3, -0.25) is 14.5 Å². The number of pyridine rings is 2. The van der Waals surface area contributed by atoms with E-state index in [-0.39, 0.29) is 12.0 Å². The maximum atomic E-state index is 12.2. The van der Waals surface area contributed by atoms with Crippen LogP contribution in [0.1, 0.15) is 6.42 Å². The van der Waals surface area contributed by atoms with Crippen molar-refractivity contribution in [1.82, 2.24) is 25.1 Å². The lowest BCUT2D eigenvalue weighted by molar-refractivity contribution is -0.119. The van der Waals surface area contributed by atoms with Crippen LogP contribution in [-0.2, 0) is 16.6 Å². The Hall–Kier alpha value is -2.84. The third kappa shape index (κ3) is 3.71. The predicted octanol–water partition coefficient (Wildman–Crippen LogP) is 1.35. The summed E-state index contributed by atoms with van der Waals surface area (Å²) in [6.07, 6.45) is 7.39. The number of morpholine rings is 1. The van der Waals surface area contributed by atoms with Crippen molar-refractivity contribution in [1.29, 1.82) is 0 Å². The van der Waals surface area contributed by atoms with Crippen molar-refractivity contribution in [3.8, 4) is 11.3 Å². The molecule has 3 aromatic rings. The largest absolute Gasteiger partial charge is 0.375 e. The number of nitrogens with one attached hydrogen (secondary N) is 2. The molecule has 134 valence electrons. The molecule has 0 saturated carbocycles. The molecular formula is C18H20N6O2. The van der Waals surface area contributed by atoms with E-state index < -0.39 is 0 Å². The van der Waals surface area contributed by atoms with E-state index in [2.05, 4.69) is 25.7 Å². The summed E-state index contributed by atoms with van der Waals surface area (Å²) in [6.45, 7) is 2.16. The highest BCUT2D eigenvalue weighted by atomic mass is 16.5. The van der Waals surface area contributed by atoms with Gasteiger partial charge in [0.1, 0.15) is 5.82 Å². The highest BCUT2D eigenvalue weighted by Crippen LogP contribution is 2.22. The van der Waals surface area contributed by atoms with Gasteiger partial charge in [0.25, 0.3) is 0 Å². The predicted molar refractivity (Wildman–Crippen MR) is 97.6 cm³/mol. The molecule has 1 aliphatic heterocycles. The average molecular weight is 352 g/mol. The van der Waals surface area contributed by atoms with Crippen LogP contribution in [0.4, 0.5) is 5.82 Å². The molecular weight excluding hydrogens is 332 g/mol. The van der Waals surface area contributed by atoms with Gasteiger partial charge in [-0.1, -0.05) is 0 Å². The summed E-state index contributed by atoms with van der Waals surface area (Å²) in [5, 5.41) is 12.1. The second-order valence-corrected chi connectivity index (χ2v) is 6.34. The Morgan fingerprint density at radius 1 is 1.31 bits per heavy atom. The fraction of sp³-hybridized carbons (Fsp3) is 0.333. The van der Waals surface area contributed by atoms with E-state index in [1.807, 2.05) is 25.4 Å². The third-order valence-corrected chi connectivity index (χ3v) is 4.29. The number of amides is 1. The van der Waals surface area contributed by atoms with Gasteiger partial charge < -0.3 is 15.4 Å². The number of carbonyl (C=O) groups is 1. The third-order valence-electron chi connectivity index (χ3n) is 4.29. The Labute approximate surface area is 150 Å². The zero-order valence-corrected chi connectivity index (χ0v) is 14.5. The maximum Gasteiger partial charge on any atom is 0.228 e. The fourth-order valence-corrected chi connectivity index (χ4v) is 2.97. The van der Waals surface area contributed by atoms with Crippen LogP contribution < -0.4 is 10.6 Å². The lowest BCUT2D eigenvalue weighted by Crippen LogP contribution is -2.40. The minimum atomic E-state index is -0.105. The van der Waals surface area contributed by atoms with Gasteiger partial charge in [-0.25, -0.2) is 4.98 Å². The van der Waals surface area contributed by atoms with Crippen molar-refractivity contribution in [3.05, 3.63) is 36.9 Å². The molecule has 1 fully saturated rings. The zero-order valence-electron chi connectivity index (χ0n) is 14.5. The molecule has 0 bridgehead atoms. The summed E-state index contributed by atoms with van der Waals surface area (Å²) >= 11 is 0. The van der Waals surface area contributed by atoms with E-state index in [0.29, 0.717) is 25.4 Å². The number of anilines is 1. The first-order valence-corrected chi connectivity index (χ1v) is 8.54. The number of ether oxygens (including phenoxy) is 1. The number of nitrogens with zero attached hydrogens (tertiary/aromatic N) is 4. The van der Waals surface area contributed by atoms with Crippen LogP contribution in [0, 0.1) is 0 Å². The molecule has 2 N–H and O–H groups in total. The van der Waals surface area contributed by atoms with E-state index in [4.69, 9.17) is 4.74 Å². The van der Waals surface area contributed by atoms with Gasteiger partial charge in [-0.2, -0.15) is 5.10 Å². The highest BCUT2D eigenvalue weighted by molar-refractivity contribution is 5.93. The normalized spacial score (nSPS) is 17.3. The van der Waals surface area contributed by atoms with E-state index in [1.54, 1.807) is 23.3 Å². The molecule has 4 rings (SSSR count). The van der Waals surface area contributed by atoms with Gasteiger partial charge in [0.2, 0.25) is 5.91 Å². The molecule has 8 nitrogen and oxygen atoms in total. The second-order valence-electron chi connectivity index (χ2n) is 6.34. The highest BCUT2D eigenvalue weighted by Gasteiger charge is 2.17. The number of aryl methyl sites for hydroxylation is 1. The van der Waals surface area contributed by atoms with Crippen LogP contribution in [0.2, 0.25) is 0 Å². The molecule has 1 aliphatic rings. The van der Waals surface area contributed by atoms with Gasteiger partial charge in [-0.15, -0.1) is 0 Å². The summed E-state index contributed by atoms with van der Waals surface area (Å²) in [5.41, 5.74) is 1.77. The molecule has 1 atom stereocenters. The Morgan fingerprint density at radius 3 is 2.96 bits per heavy atom. The van der Waals surface area contributed by atoms with E-state index in [1.165, 1.54) is 0 Å². The molecule has 0 aromatic carbocycles. The maximum absolute atomic E-state index is 12.2. The number of rotatable bonds is 4. The van der Waals surface area contributed by atoms with Crippen LogP contribution in [0.5, 0.6) is 0 Å². The number of hydrogen-bond donors (Lipinski definition) is 2. The van der Waals surface area contributed by atoms with Crippen LogP contribution in [0.25, 0.3) is 22.0 Å².